The maximum absolute atomic E-state index is 13.3. The summed E-state index contributed by atoms with van der Waals surface area (Å²) in [6.45, 7) is 6.53. The molecule has 0 spiro atoms. The number of carbonyl (C=O) groups is 2. The van der Waals surface area contributed by atoms with E-state index in [2.05, 4.69) is 10.3 Å². The Kier molecular flexibility index (Phi) is 6.18. The molecule has 2 amide bonds. The standard InChI is InChI=1S/C27H28FN5O4/c1-27(2,3)37-26(36)32-13-11-16(12-14-32)21-15-22(34)30-24-23-19(5-4-6-20(23)31-33(21)24)29-25(35)17-7-9-18(28)10-8-17/h4-10,15-16H,11-14H2,1-3H3,(H,29,35)(H,30,34). The number of nitrogens with one attached hydrogen (secondary N) is 2. The van der Waals surface area contributed by atoms with E-state index in [1.54, 1.807) is 27.6 Å². The van der Waals surface area contributed by atoms with Gasteiger partial charge in [-0.3, -0.25) is 9.59 Å². The molecule has 1 aliphatic heterocycles. The lowest BCUT2D eigenvalue weighted by Crippen LogP contribution is -2.41. The van der Waals surface area contributed by atoms with E-state index in [1.165, 1.54) is 24.3 Å². The average molecular weight is 506 g/mol. The smallest absolute Gasteiger partial charge is 0.410 e. The van der Waals surface area contributed by atoms with E-state index >= 15 is 0 Å². The SMILES string of the molecule is CC(C)(C)OC(=O)N1CCC(c2cc(=O)[nH]c3c4c(NC(=O)c5ccc(F)cc5)cccc4nn23)CC1. The summed E-state index contributed by atoms with van der Waals surface area (Å²) >= 11 is 0. The quantitative estimate of drug-likeness (QED) is 0.420. The highest BCUT2D eigenvalue weighted by molar-refractivity contribution is 6.11. The molecule has 2 N–H and O–H groups in total. The topological polar surface area (TPSA) is 109 Å². The first-order valence-electron chi connectivity index (χ1n) is 12.2. The highest BCUT2D eigenvalue weighted by atomic mass is 19.1. The molecule has 1 fully saturated rings. The molecule has 0 saturated carbocycles. The summed E-state index contributed by atoms with van der Waals surface area (Å²) in [6.07, 6.45) is 0.970. The number of nitrogens with zero attached hydrogens (tertiary/aromatic N) is 3. The molecule has 2 aromatic heterocycles. The summed E-state index contributed by atoms with van der Waals surface area (Å²) in [5, 5.41) is 8.19. The Morgan fingerprint density at radius 2 is 1.81 bits per heavy atom. The molecule has 4 aromatic rings. The van der Waals surface area contributed by atoms with Gasteiger partial charge < -0.3 is 19.9 Å². The zero-order chi connectivity index (χ0) is 26.3. The molecule has 9 nitrogen and oxygen atoms in total. The number of rotatable bonds is 3. The minimum Gasteiger partial charge on any atom is -0.444 e. The lowest BCUT2D eigenvalue weighted by atomic mass is 9.93. The number of aromatic amines is 1. The van der Waals surface area contributed by atoms with Crippen molar-refractivity contribution in [2.24, 2.45) is 0 Å². The summed E-state index contributed by atoms with van der Waals surface area (Å²) in [5.74, 6) is -0.821. The highest BCUT2D eigenvalue weighted by Gasteiger charge is 2.29. The Morgan fingerprint density at radius 3 is 2.49 bits per heavy atom. The molecule has 192 valence electrons. The van der Waals surface area contributed by atoms with E-state index in [9.17, 15) is 18.8 Å². The van der Waals surface area contributed by atoms with Gasteiger partial charge in [-0.1, -0.05) is 6.07 Å². The number of carbonyl (C=O) groups excluding carboxylic acids is 2. The van der Waals surface area contributed by atoms with Crippen LogP contribution in [0.25, 0.3) is 16.6 Å². The number of H-pyrrole nitrogens is 1. The van der Waals surface area contributed by atoms with Crippen LogP contribution in [0.5, 0.6) is 0 Å². The van der Waals surface area contributed by atoms with Crippen LogP contribution in [0.4, 0.5) is 14.9 Å². The number of likely N-dealkylation sites (tertiary alicyclic amines) is 1. The van der Waals surface area contributed by atoms with Gasteiger partial charge in [-0.2, -0.15) is 5.10 Å². The number of hydrogen-bond donors (Lipinski definition) is 2. The molecule has 0 radical (unpaired) electrons. The van der Waals surface area contributed by atoms with Crippen molar-refractivity contribution in [2.45, 2.75) is 45.1 Å². The van der Waals surface area contributed by atoms with Crippen LogP contribution >= 0.6 is 0 Å². The van der Waals surface area contributed by atoms with Crippen molar-refractivity contribution >= 4 is 34.2 Å². The minimum atomic E-state index is -0.564. The van der Waals surface area contributed by atoms with Crippen LogP contribution in [-0.2, 0) is 4.74 Å². The van der Waals surface area contributed by atoms with E-state index in [0.717, 1.165) is 5.69 Å². The van der Waals surface area contributed by atoms with Gasteiger partial charge in [0.25, 0.3) is 11.5 Å². The van der Waals surface area contributed by atoms with Crippen molar-refractivity contribution in [3.05, 3.63) is 76.0 Å². The monoisotopic (exact) mass is 505 g/mol. The third kappa shape index (κ3) is 5.04. The molecular formula is C27H28FN5O4. The van der Waals surface area contributed by atoms with E-state index in [4.69, 9.17) is 9.84 Å². The molecule has 1 aliphatic rings. The first-order chi connectivity index (χ1) is 17.6. The van der Waals surface area contributed by atoms with Gasteiger partial charge in [0, 0.05) is 30.6 Å². The maximum atomic E-state index is 13.3. The van der Waals surface area contributed by atoms with Crippen LogP contribution in [0.2, 0.25) is 0 Å². The van der Waals surface area contributed by atoms with Crippen molar-refractivity contribution in [1.29, 1.82) is 0 Å². The van der Waals surface area contributed by atoms with Crippen LogP contribution in [0.3, 0.4) is 0 Å². The van der Waals surface area contributed by atoms with E-state index in [-0.39, 0.29) is 17.6 Å². The Bertz CT molecular complexity index is 1540. The van der Waals surface area contributed by atoms with E-state index in [1.807, 2.05) is 26.8 Å². The Balaban J connectivity index is 1.46. The normalized spacial score (nSPS) is 14.8. The number of aromatic nitrogens is 3. The first kappa shape index (κ1) is 24.5. The second-order valence-corrected chi connectivity index (χ2v) is 10.2. The molecule has 0 bridgehead atoms. The van der Waals surface area contributed by atoms with E-state index < -0.39 is 17.3 Å². The van der Waals surface area contributed by atoms with Crippen molar-refractivity contribution in [2.75, 3.05) is 18.4 Å². The van der Waals surface area contributed by atoms with E-state index in [0.29, 0.717) is 53.7 Å². The van der Waals surface area contributed by atoms with Gasteiger partial charge in [0.05, 0.1) is 22.3 Å². The Hall–Kier alpha value is -4.21. The van der Waals surface area contributed by atoms with Gasteiger partial charge in [0.1, 0.15) is 17.1 Å². The number of anilines is 1. The summed E-state index contributed by atoms with van der Waals surface area (Å²) < 4.78 is 20.5. The van der Waals surface area contributed by atoms with Gasteiger partial charge in [-0.05, 0) is 70.0 Å². The number of fused-ring (bicyclic) bond motifs is 3. The molecule has 37 heavy (non-hydrogen) atoms. The van der Waals surface area contributed by atoms with Gasteiger partial charge >= 0.3 is 6.09 Å². The molecule has 2 aromatic carbocycles. The number of hydrogen-bond acceptors (Lipinski definition) is 5. The van der Waals surface area contributed by atoms with Crippen molar-refractivity contribution in [3.8, 4) is 0 Å². The maximum Gasteiger partial charge on any atom is 0.410 e. The molecular weight excluding hydrogens is 477 g/mol. The zero-order valence-corrected chi connectivity index (χ0v) is 20.9. The van der Waals surface area contributed by atoms with Crippen molar-refractivity contribution in [1.82, 2.24) is 19.5 Å². The first-order valence-corrected chi connectivity index (χ1v) is 12.2. The fourth-order valence-corrected chi connectivity index (χ4v) is 4.66. The molecule has 1 saturated heterocycles. The van der Waals surface area contributed by atoms with Crippen LogP contribution in [0.15, 0.2) is 53.3 Å². The molecule has 0 unspecified atom stereocenters. The zero-order valence-electron chi connectivity index (χ0n) is 20.9. The molecule has 0 aliphatic carbocycles. The number of amides is 2. The number of ether oxygens (including phenoxy) is 1. The predicted octanol–water partition coefficient (Wildman–Crippen LogP) is 4.68. The number of halogens is 1. The molecule has 10 heteroatoms. The van der Waals surface area contributed by atoms with Crippen LogP contribution < -0.4 is 10.9 Å². The van der Waals surface area contributed by atoms with Crippen LogP contribution in [0.1, 0.15) is 55.6 Å². The second-order valence-electron chi connectivity index (χ2n) is 10.2. The van der Waals surface area contributed by atoms with Gasteiger partial charge in [0.2, 0.25) is 0 Å². The summed E-state index contributed by atoms with van der Waals surface area (Å²) in [6, 6.07) is 12.1. The van der Waals surface area contributed by atoms with Gasteiger partial charge in [-0.15, -0.1) is 0 Å². The Labute approximate surface area is 212 Å². The summed E-state index contributed by atoms with van der Waals surface area (Å²) in [7, 11) is 0. The number of piperidine rings is 1. The summed E-state index contributed by atoms with van der Waals surface area (Å²) in [4.78, 5) is 42.5. The fraction of sp³-hybridized carbons (Fsp3) is 0.333. The molecule has 5 rings (SSSR count). The molecule has 3 heterocycles. The van der Waals surface area contributed by atoms with Crippen molar-refractivity contribution < 1.29 is 18.7 Å². The average Bonchev–Trinajstić information content (AvgIpc) is 3.22. The Morgan fingerprint density at radius 1 is 1.11 bits per heavy atom. The largest absolute Gasteiger partial charge is 0.444 e. The fourth-order valence-electron chi connectivity index (χ4n) is 4.66. The minimum absolute atomic E-state index is 0.00931. The van der Waals surface area contributed by atoms with Crippen LogP contribution in [0, 0.1) is 5.82 Å². The van der Waals surface area contributed by atoms with Gasteiger partial charge in [-0.25, -0.2) is 13.7 Å². The summed E-state index contributed by atoms with van der Waals surface area (Å²) in [5.41, 5.74) is 1.77. The predicted molar refractivity (Wildman–Crippen MR) is 137 cm³/mol. The third-order valence-electron chi connectivity index (χ3n) is 6.38. The number of benzene rings is 2. The molecule has 0 atom stereocenters. The highest BCUT2D eigenvalue weighted by Crippen LogP contribution is 2.32. The third-order valence-corrected chi connectivity index (χ3v) is 6.38. The lowest BCUT2D eigenvalue weighted by Gasteiger charge is -2.33. The van der Waals surface area contributed by atoms with Crippen molar-refractivity contribution in [3.63, 3.8) is 0 Å². The van der Waals surface area contributed by atoms with Crippen LogP contribution in [-0.4, -0.2) is 50.2 Å². The second kappa shape index (κ2) is 9.34. The lowest BCUT2D eigenvalue weighted by molar-refractivity contribution is 0.0203. The van der Waals surface area contributed by atoms with Gasteiger partial charge in [0.15, 0.2) is 0 Å².